The quantitative estimate of drug-likeness (QED) is 0.324. The van der Waals surface area contributed by atoms with Crippen molar-refractivity contribution in [1.82, 2.24) is 14.7 Å². The van der Waals surface area contributed by atoms with E-state index < -0.39 is 0 Å². The van der Waals surface area contributed by atoms with E-state index in [1.54, 1.807) is 35.9 Å². The fourth-order valence-corrected chi connectivity index (χ4v) is 4.16. The Hall–Kier alpha value is -4.59. The Morgan fingerprint density at radius 2 is 1.58 bits per heavy atom. The van der Waals surface area contributed by atoms with Crippen LogP contribution < -0.4 is 14.8 Å². The Morgan fingerprint density at radius 1 is 0.921 bits per heavy atom. The lowest BCUT2D eigenvalue weighted by molar-refractivity contribution is -0.135. The molecule has 4 rings (SSSR count). The number of nitrogens with one attached hydrogen (secondary N) is 1. The topological polar surface area (TPSA) is 85.7 Å². The van der Waals surface area contributed by atoms with E-state index in [0.29, 0.717) is 17.3 Å². The minimum absolute atomic E-state index is 0.101. The van der Waals surface area contributed by atoms with Crippen LogP contribution in [-0.4, -0.2) is 53.3 Å². The molecule has 0 aliphatic rings. The van der Waals surface area contributed by atoms with Gasteiger partial charge in [-0.25, -0.2) is 4.68 Å². The Morgan fingerprint density at radius 3 is 2.21 bits per heavy atom. The number of nitrogens with zero attached hydrogens (tertiary/aromatic N) is 3. The first-order valence-electron chi connectivity index (χ1n) is 12.4. The maximum Gasteiger partial charge on any atom is 0.245 e. The molecule has 3 aromatic carbocycles. The minimum atomic E-state index is -0.324. The van der Waals surface area contributed by atoms with Crippen molar-refractivity contribution in [2.45, 2.75) is 26.3 Å². The zero-order valence-corrected chi connectivity index (χ0v) is 22.0. The van der Waals surface area contributed by atoms with Gasteiger partial charge in [0.05, 0.1) is 26.3 Å². The van der Waals surface area contributed by atoms with Gasteiger partial charge in [0.1, 0.15) is 6.54 Å². The first kappa shape index (κ1) is 26.5. The van der Waals surface area contributed by atoms with E-state index in [2.05, 4.69) is 10.4 Å². The lowest BCUT2D eigenvalue weighted by atomic mass is 10.1. The molecule has 0 fully saturated rings. The molecule has 0 unspecified atom stereocenters. The van der Waals surface area contributed by atoms with Crippen LogP contribution in [0.5, 0.6) is 11.5 Å². The number of methoxy groups -OCH3 is 2. The molecule has 0 aliphatic heterocycles. The first-order chi connectivity index (χ1) is 18.4. The molecule has 0 bridgehead atoms. The number of hydrogen-bond acceptors (Lipinski definition) is 5. The van der Waals surface area contributed by atoms with E-state index in [9.17, 15) is 9.59 Å². The summed E-state index contributed by atoms with van der Waals surface area (Å²) >= 11 is 0. The normalized spacial score (nSPS) is 10.8. The molecule has 8 nitrogen and oxygen atoms in total. The highest BCUT2D eigenvalue weighted by molar-refractivity contribution is 5.97. The fraction of sp³-hybridized carbons (Fsp3) is 0.233. The van der Waals surface area contributed by atoms with Crippen molar-refractivity contribution in [3.8, 4) is 28.3 Å². The Bertz CT molecular complexity index is 1380. The number of carbonyl (C=O) groups excluding carboxylic acids is 2. The standard InChI is InChI=1S/C30H32N4O4/c1-21(2)33(29(36)18-22-15-16-26(37-3)27(17-22)38-4)20-28(35)31-30-25(23-11-7-5-8-12-23)19-34(32-30)24-13-9-6-10-14-24/h5-17,19,21H,18,20H2,1-4H3,(H,31,32,35). The third kappa shape index (κ3) is 6.21. The summed E-state index contributed by atoms with van der Waals surface area (Å²) in [7, 11) is 3.12. The Kier molecular flexibility index (Phi) is 8.43. The average Bonchev–Trinajstić information content (AvgIpc) is 3.36. The number of benzene rings is 3. The van der Waals surface area contributed by atoms with Gasteiger partial charge in [-0.15, -0.1) is 5.10 Å². The van der Waals surface area contributed by atoms with Gasteiger partial charge in [-0.1, -0.05) is 54.6 Å². The predicted octanol–water partition coefficient (Wildman–Crippen LogP) is 4.97. The van der Waals surface area contributed by atoms with E-state index in [1.165, 1.54) is 0 Å². The lowest BCUT2D eigenvalue weighted by Crippen LogP contribution is -2.43. The van der Waals surface area contributed by atoms with Gasteiger partial charge >= 0.3 is 0 Å². The smallest absolute Gasteiger partial charge is 0.245 e. The van der Waals surface area contributed by atoms with E-state index in [0.717, 1.165) is 22.4 Å². The van der Waals surface area contributed by atoms with Gasteiger partial charge in [-0.2, -0.15) is 0 Å². The number of rotatable bonds is 10. The number of amides is 2. The molecule has 0 aliphatic carbocycles. The van der Waals surface area contributed by atoms with Crippen molar-refractivity contribution >= 4 is 17.6 Å². The van der Waals surface area contributed by atoms with Crippen LogP contribution in [0.25, 0.3) is 16.8 Å². The molecule has 1 aromatic heterocycles. The van der Waals surface area contributed by atoms with Crippen LogP contribution in [0.3, 0.4) is 0 Å². The summed E-state index contributed by atoms with van der Waals surface area (Å²) in [5, 5.41) is 7.59. The molecule has 0 radical (unpaired) electrons. The molecular formula is C30H32N4O4. The van der Waals surface area contributed by atoms with Crippen molar-refractivity contribution < 1.29 is 19.1 Å². The van der Waals surface area contributed by atoms with Gasteiger partial charge in [-0.3, -0.25) is 9.59 Å². The van der Waals surface area contributed by atoms with Crippen molar-refractivity contribution in [1.29, 1.82) is 0 Å². The molecule has 4 aromatic rings. The molecule has 0 saturated heterocycles. The number of ether oxygens (including phenoxy) is 2. The molecule has 196 valence electrons. The van der Waals surface area contributed by atoms with Crippen LogP contribution in [0, 0.1) is 0 Å². The molecule has 0 saturated carbocycles. The van der Waals surface area contributed by atoms with Crippen LogP contribution in [0.15, 0.2) is 85.1 Å². The minimum Gasteiger partial charge on any atom is -0.493 e. The van der Waals surface area contributed by atoms with Crippen molar-refractivity contribution in [3.63, 3.8) is 0 Å². The van der Waals surface area contributed by atoms with E-state index in [1.807, 2.05) is 86.8 Å². The fourth-order valence-electron chi connectivity index (χ4n) is 4.16. The van der Waals surface area contributed by atoms with Crippen molar-refractivity contribution in [2.75, 3.05) is 26.1 Å². The number of aromatic nitrogens is 2. The average molecular weight is 513 g/mol. The summed E-state index contributed by atoms with van der Waals surface area (Å²) in [6.45, 7) is 3.68. The number of carbonyl (C=O) groups is 2. The number of anilines is 1. The second kappa shape index (κ2) is 12.1. The van der Waals surface area contributed by atoms with E-state index in [-0.39, 0.29) is 30.8 Å². The Balaban J connectivity index is 1.53. The Labute approximate surface area is 222 Å². The maximum absolute atomic E-state index is 13.2. The largest absolute Gasteiger partial charge is 0.493 e. The summed E-state index contributed by atoms with van der Waals surface area (Å²) in [6.07, 6.45) is 2.02. The number of hydrogen-bond donors (Lipinski definition) is 1. The second-order valence-electron chi connectivity index (χ2n) is 9.07. The molecule has 8 heteroatoms. The highest BCUT2D eigenvalue weighted by Gasteiger charge is 2.23. The maximum atomic E-state index is 13.2. The number of para-hydroxylation sites is 1. The summed E-state index contributed by atoms with van der Waals surface area (Å²) in [4.78, 5) is 28.0. The van der Waals surface area contributed by atoms with Gasteiger partial charge in [0.2, 0.25) is 11.8 Å². The van der Waals surface area contributed by atoms with Gasteiger partial charge in [0.15, 0.2) is 17.3 Å². The van der Waals surface area contributed by atoms with Gasteiger partial charge in [-0.05, 0) is 49.2 Å². The molecule has 0 spiro atoms. The zero-order valence-electron chi connectivity index (χ0n) is 22.0. The summed E-state index contributed by atoms with van der Waals surface area (Å²) in [5.41, 5.74) is 3.36. The molecule has 1 N–H and O–H groups in total. The zero-order chi connectivity index (χ0) is 27.1. The lowest BCUT2D eigenvalue weighted by Gasteiger charge is -2.26. The molecular weight excluding hydrogens is 480 g/mol. The molecule has 0 atom stereocenters. The van der Waals surface area contributed by atoms with Crippen LogP contribution in [-0.2, 0) is 16.0 Å². The van der Waals surface area contributed by atoms with Gasteiger partial charge < -0.3 is 19.7 Å². The highest BCUT2D eigenvalue weighted by atomic mass is 16.5. The third-order valence-corrected chi connectivity index (χ3v) is 6.14. The van der Waals surface area contributed by atoms with Crippen molar-refractivity contribution in [2.24, 2.45) is 0 Å². The van der Waals surface area contributed by atoms with Gasteiger partial charge in [0.25, 0.3) is 0 Å². The monoisotopic (exact) mass is 512 g/mol. The van der Waals surface area contributed by atoms with Gasteiger partial charge in [0, 0.05) is 17.8 Å². The van der Waals surface area contributed by atoms with Crippen LogP contribution in [0.4, 0.5) is 5.82 Å². The van der Waals surface area contributed by atoms with E-state index >= 15 is 0 Å². The molecule has 1 heterocycles. The highest BCUT2D eigenvalue weighted by Crippen LogP contribution is 2.29. The van der Waals surface area contributed by atoms with Crippen LogP contribution in [0.2, 0.25) is 0 Å². The third-order valence-electron chi connectivity index (χ3n) is 6.14. The summed E-state index contributed by atoms with van der Waals surface area (Å²) < 4.78 is 12.4. The molecule has 38 heavy (non-hydrogen) atoms. The molecule has 2 amide bonds. The van der Waals surface area contributed by atoms with Crippen molar-refractivity contribution in [3.05, 3.63) is 90.6 Å². The first-order valence-corrected chi connectivity index (χ1v) is 12.4. The van der Waals surface area contributed by atoms with E-state index in [4.69, 9.17) is 9.47 Å². The SMILES string of the molecule is COc1ccc(CC(=O)N(CC(=O)Nc2nn(-c3ccccc3)cc2-c2ccccc2)C(C)C)cc1OC. The van der Waals surface area contributed by atoms with Crippen LogP contribution in [0.1, 0.15) is 19.4 Å². The second-order valence-corrected chi connectivity index (χ2v) is 9.07. The van der Waals surface area contributed by atoms with Crippen LogP contribution >= 0.6 is 0 Å². The summed E-state index contributed by atoms with van der Waals surface area (Å²) in [6, 6.07) is 24.6. The predicted molar refractivity (Wildman–Crippen MR) is 148 cm³/mol. The summed E-state index contributed by atoms with van der Waals surface area (Å²) in [5.74, 6) is 1.08.